The predicted molar refractivity (Wildman–Crippen MR) is 69.1 cm³/mol. The summed E-state index contributed by atoms with van der Waals surface area (Å²) in [6, 6.07) is 7.85. The maximum absolute atomic E-state index is 8.90. The second-order valence-electron chi connectivity index (χ2n) is 4.33. The number of fused-ring (bicyclic) bond motifs is 1. The van der Waals surface area contributed by atoms with Crippen LogP contribution in [0, 0.1) is 11.3 Å². The summed E-state index contributed by atoms with van der Waals surface area (Å²) in [5.74, 6) is 0. The smallest absolute Gasteiger partial charge is 0.0991 e. The number of unbranched alkanes of at least 4 members (excludes halogenated alkanes) is 2. The summed E-state index contributed by atoms with van der Waals surface area (Å²) in [5, 5.41) is 18.2. The van der Waals surface area contributed by atoms with Crippen molar-refractivity contribution in [3.05, 3.63) is 35.5 Å². The monoisotopic (exact) mass is 244 g/mol. The number of hydrogen-bond acceptors (Lipinski definition) is 3. The molecule has 0 unspecified atom stereocenters. The number of nitrogens with zero attached hydrogens (tertiary/aromatic N) is 1. The Morgan fingerprint density at radius 3 is 2.94 bits per heavy atom. The van der Waals surface area contributed by atoms with Gasteiger partial charge in [0.25, 0.3) is 0 Å². The molecule has 0 atom stereocenters. The van der Waals surface area contributed by atoms with Gasteiger partial charge in [-0.05, 0) is 43.0 Å². The van der Waals surface area contributed by atoms with Crippen molar-refractivity contribution in [1.82, 2.24) is 4.98 Å². The second kappa shape index (κ2) is 6.20. The minimum Gasteiger partial charge on any atom is -0.361 e. The van der Waals surface area contributed by atoms with Crippen molar-refractivity contribution in [2.24, 2.45) is 0 Å². The Kier molecular flexibility index (Phi) is 4.35. The fraction of sp³-hybridized carbons (Fsp3) is 0.357. The van der Waals surface area contributed by atoms with Crippen LogP contribution in [0.1, 0.15) is 30.4 Å². The van der Waals surface area contributed by atoms with Crippen LogP contribution in [0.5, 0.6) is 0 Å². The summed E-state index contributed by atoms with van der Waals surface area (Å²) in [4.78, 5) is 7.25. The molecule has 0 saturated heterocycles. The number of H-pyrrole nitrogens is 1. The lowest BCUT2D eigenvalue weighted by Gasteiger charge is -2.00. The normalized spacial score (nSPS) is 10.7. The quantitative estimate of drug-likeness (QED) is 0.465. The van der Waals surface area contributed by atoms with Gasteiger partial charge in [-0.1, -0.05) is 6.42 Å². The highest BCUT2D eigenvalue weighted by Crippen LogP contribution is 2.21. The lowest BCUT2D eigenvalue weighted by atomic mass is 10.0. The molecule has 2 rings (SSSR count). The van der Waals surface area contributed by atoms with Gasteiger partial charge in [-0.25, -0.2) is 4.89 Å². The fourth-order valence-electron chi connectivity index (χ4n) is 2.11. The molecule has 94 valence electrons. The van der Waals surface area contributed by atoms with Crippen LogP contribution in [0.25, 0.3) is 10.9 Å². The molecule has 18 heavy (non-hydrogen) atoms. The van der Waals surface area contributed by atoms with Gasteiger partial charge in [0.15, 0.2) is 0 Å². The molecule has 0 radical (unpaired) electrons. The number of rotatable bonds is 6. The van der Waals surface area contributed by atoms with Gasteiger partial charge in [0.05, 0.1) is 18.2 Å². The van der Waals surface area contributed by atoms with E-state index in [1.807, 2.05) is 24.4 Å². The molecule has 1 aromatic carbocycles. The molecule has 0 aliphatic heterocycles. The molecule has 0 fully saturated rings. The van der Waals surface area contributed by atoms with Gasteiger partial charge in [-0.2, -0.15) is 5.26 Å². The molecule has 4 heteroatoms. The van der Waals surface area contributed by atoms with Gasteiger partial charge in [0.2, 0.25) is 0 Å². The van der Waals surface area contributed by atoms with Crippen molar-refractivity contribution in [3.63, 3.8) is 0 Å². The summed E-state index contributed by atoms with van der Waals surface area (Å²) in [6.45, 7) is 0.395. The molecular weight excluding hydrogens is 228 g/mol. The third-order valence-electron chi connectivity index (χ3n) is 3.08. The van der Waals surface area contributed by atoms with Crippen LogP contribution >= 0.6 is 0 Å². The van der Waals surface area contributed by atoms with Gasteiger partial charge in [0, 0.05) is 17.1 Å². The Hall–Kier alpha value is -1.83. The molecule has 0 bridgehead atoms. The Morgan fingerprint density at radius 1 is 1.28 bits per heavy atom. The van der Waals surface area contributed by atoms with E-state index in [4.69, 9.17) is 10.5 Å². The van der Waals surface area contributed by atoms with E-state index in [-0.39, 0.29) is 0 Å². The Balaban J connectivity index is 2.02. The van der Waals surface area contributed by atoms with E-state index in [2.05, 4.69) is 15.9 Å². The highest BCUT2D eigenvalue weighted by Gasteiger charge is 2.04. The van der Waals surface area contributed by atoms with Crippen LogP contribution in [0.2, 0.25) is 0 Å². The Morgan fingerprint density at radius 2 is 2.17 bits per heavy atom. The average Bonchev–Trinajstić information content (AvgIpc) is 2.81. The van der Waals surface area contributed by atoms with Crippen molar-refractivity contribution < 1.29 is 10.1 Å². The van der Waals surface area contributed by atoms with Gasteiger partial charge < -0.3 is 4.98 Å². The van der Waals surface area contributed by atoms with Crippen molar-refractivity contribution in [2.75, 3.05) is 6.61 Å². The van der Waals surface area contributed by atoms with Gasteiger partial charge >= 0.3 is 0 Å². The number of nitriles is 1. The molecule has 0 aliphatic carbocycles. The first kappa shape index (κ1) is 12.6. The van der Waals surface area contributed by atoms with E-state index in [1.165, 1.54) is 5.56 Å². The van der Waals surface area contributed by atoms with Crippen LogP contribution in [-0.2, 0) is 11.3 Å². The SMILES string of the molecule is N#Cc1ccc2[nH]cc(CCCCCOO)c2c1. The number of aryl methyl sites for hydroxylation is 1. The first-order valence-corrected chi connectivity index (χ1v) is 6.11. The van der Waals surface area contributed by atoms with E-state index >= 15 is 0 Å². The van der Waals surface area contributed by atoms with Crippen LogP contribution in [0.15, 0.2) is 24.4 Å². The number of aromatic amines is 1. The van der Waals surface area contributed by atoms with Crippen molar-refractivity contribution in [2.45, 2.75) is 25.7 Å². The van der Waals surface area contributed by atoms with Crippen LogP contribution in [-0.4, -0.2) is 16.8 Å². The molecule has 2 N–H and O–H groups in total. The van der Waals surface area contributed by atoms with E-state index < -0.39 is 0 Å². The third-order valence-corrected chi connectivity index (χ3v) is 3.08. The minimum atomic E-state index is 0.395. The maximum atomic E-state index is 8.90. The number of hydrogen-bond donors (Lipinski definition) is 2. The summed E-state index contributed by atoms with van der Waals surface area (Å²) in [6.07, 6.45) is 5.91. The predicted octanol–water partition coefficient (Wildman–Crippen LogP) is 3.24. The Labute approximate surface area is 106 Å². The molecule has 0 saturated carbocycles. The summed E-state index contributed by atoms with van der Waals surface area (Å²) >= 11 is 0. The van der Waals surface area contributed by atoms with Gasteiger partial charge in [0.1, 0.15) is 0 Å². The molecule has 1 heterocycles. The van der Waals surface area contributed by atoms with Gasteiger partial charge in [-0.3, -0.25) is 5.26 Å². The van der Waals surface area contributed by atoms with E-state index in [0.717, 1.165) is 36.6 Å². The second-order valence-corrected chi connectivity index (χ2v) is 4.33. The Bertz CT molecular complexity index is 554. The summed E-state index contributed by atoms with van der Waals surface area (Å²) < 4.78 is 0. The molecular formula is C14H16N2O2. The number of aromatic nitrogens is 1. The number of nitrogens with one attached hydrogen (secondary N) is 1. The fourth-order valence-corrected chi connectivity index (χ4v) is 2.11. The topological polar surface area (TPSA) is 69.0 Å². The molecule has 0 spiro atoms. The standard InChI is InChI=1S/C14H16N2O2/c15-9-11-5-6-14-13(8-11)12(10-16-14)4-2-1-3-7-18-17/h5-6,8,10,16-17H,1-4,7H2. The zero-order valence-electron chi connectivity index (χ0n) is 10.1. The molecule has 4 nitrogen and oxygen atoms in total. The zero-order chi connectivity index (χ0) is 12.8. The highest BCUT2D eigenvalue weighted by molar-refractivity contribution is 5.84. The minimum absolute atomic E-state index is 0.395. The molecule has 1 aromatic heterocycles. The van der Waals surface area contributed by atoms with E-state index in [9.17, 15) is 0 Å². The van der Waals surface area contributed by atoms with E-state index in [0.29, 0.717) is 12.2 Å². The highest BCUT2D eigenvalue weighted by atomic mass is 17.1. The first-order valence-electron chi connectivity index (χ1n) is 6.11. The molecule has 0 amide bonds. The van der Waals surface area contributed by atoms with Crippen molar-refractivity contribution in [3.8, 4) is 6.07 Å². The van der Waals surface area contributed by atoms with Gasteiger partial charge in [-0.15, -0.1) is 0 Å². The number of benzene rings is 1. The maximum Gasteiger partial charge on any atom is 0.0991 e. The van der Waals surface area contributed by atoms with Crippen molar-refractivity contribution >= 4 is 10.9 Å². The van der Waals surface area contributed by atoms with Crippen LogP contribution in [0.4, 0.5) is 0 Å². The van der Waals surface area contributed by atoms with Crippen molar-refractivity contribution in [1.29, 1.82) is 5.26 Å². The first-order chi connectivity index (χ1) is 8.85. The van der Waals surface area contributed by atoms with Crippen LogP contribution < -0.4 is 0 Å². The average molecular weight is 244 g/mol. The van der Waals surface area contributed by atoms with E-state index in [1.54, 1.807) is 0 Å². The lowest BCUT2D eigenvalue weighted by Crippen LogP contribution is -1.90. The third kappa shape index (κ3) is 2.89. The van der Waals surface area contributed by atoms with Crippen LogP contribution in [0.3, 0.4) is 0 Å². The molecule has 2 aromatic rings. The largest absolute Gasteiger partial charge is 0.361 e. The summed E-state index contributed by atoms with van der Waals surface area (Å²) in [5.41, 5.74) is 3.01. The molecule has 0 aliphatic rings. The lowest BCUT2D eigenvalue weighted by molar-refractivity contribution is -0.242. The zero-order valence-corrected chi connectivity index (χ0v) is 10.1. The summed E-state index contributed by atoms with van der Waals surface area (Å²) in [7, 11) is 0.